The maximum Gasteiger partial charge on any atom is 0.243 e. The predicted octanol–water partition coefficient (Wildman–Crippen LogP) is 1.77. The molecular formula is C13H17F3N2O2S. The maximum absolute atomic E-state index is 13.6. The van der Waals surface area contributed by atoms with Crippen LogP contribution in [0.2, 0.25) is 0 Å². The Labute approximate surface area is 121 Å². The lowest BCUT2D eigenvalue weighted by molar-refractivity contribution is 0.238. The van der Waals surface area contributed by atoms with Gasteiger partial charge in [-0.3, -0.25) is 0 Å². The van der Waals surface area contributed by atoms with E-state index < -0.39 is 32.4 Å². The minimum atomic E-state index is -4.23. The van der Waals surface area contributed by atoms with Gasteiger partial charge in [0.2, 0.25) is 10.0 Å². The van der Waals surface area contributed by atoms with Gasteiger partial charge in [-0.25, -0.2) is 26.3 Å². The molecule has 118 valence electrons. The van der Waals surface area contributed by atoms with Crippen molar-refractivity contribution in [1.82, 2.24) is 10.0 Å². The smallest absolute Gasteiger partial charge is 0.243 e. The first-order chi connectivity index (χ1) is 9.75. The van der Waals surface area contributed by atoms with E-state index in [-0.39, 0.29) is 12.0 Å². The van der Waals surface area contributed by atoms with Crippen LogP contribution in [0.3, 0.4) is 0 Å². The predicted molar refractivity (Wildman–Crippen MR) is 71.7 cm³/mol. The van der Waals surface area contributed by atoms with Crippen molar-refractivity contribution in [1.29, 1.82) is 0 Å². The summed E-state index contributed by atoms with van der Waals surface area (Å²) in [7, 11) is -4.23. The maximum atomic E-state index is 13.6. The summed E-state index contributed by atoms with van der Waals surface area (Å²) in [6.07, 6.45) is 1.74. The van der Waals surface area contributed by atoms with Gasteiger partial charge in [-0.05, 0) is 36.9 Å². The number of hydrogen-bond acceptors (Lipinski definition) is 3. The molecule has 21 heavy (non-hydrogen) atoms. The summed E-state index contributed by atoms with van der Waals surface area (Å²) in [4.78, 5) is -0.881. The molecule has 2 rings (SSSR count). The molecule has 1 heterocycles. The number of hydrogen-bond donors (Lipinski definition) is 2. The molecule has 0 aliphatic carbocycles. The van der Waals surface area contributed by atoms with Crippen molar-refractivity contribution in [3.63, 3.8) is 0 Å². The third kappa shape index (κ3) is 3.56. The highest BCUT2D eigenvalue weighted by molar-refractivity contribution is 7.89. The average Bonchev–Trinajstić information content (AvgIpc) is 2.44. The van der Waals surface area contributed by atoms with Crippen molar-refractivity contribution in [3.8, 4) is 0 Å². The van der Waals surface area contributed by atoms with E-state index in [0.29, 0.717) is 12.6 Å². The second kappa shape index (κ2) is 5.94. The van der Waals surface area contributed by atoms with Gasteiger partial charge in [0.15, 0.2) is 17.5 Å². The van der Waals surface area contributed by atoms with E-state index in [4.69, 9.17) is 0 Å². The van der Waals surface area contributed by atoms with Gasteiger partial charge in [0.05, 0.1) is 0 Å². The van der Waals surface area contributed by atoms with Gasteiger partial charge in [-0.15, -0.1) is 0 Å². The van der Waals surface area contributed by atoms with E-state index in [2.05, 4.69) is 10.0 Å². The highest BCUT2D eigenvalue weighted by Crippen LogP contribution is 2.26. The summed E-state index contributed by atoms with van der Waals surface area (Å²) in [5, 5.41) is 3.16. The van der Waals surface area contributed by atoms with Gasteiger partial charge in [0.25, 0.3) is 0 Å². The minimum absolute atomic E-state index is 0.0980. The molecule has 1 atom stereocenters. The van der Waals surface area contributed by atoms with E-state index in [0.717, 1.165) is 25.5 Å². The number of halogens is 3. The summed E-state index contributed by atoms with van der Waals surface area (Å²) in [5.41, 5.74) is -0.291. The standard InChI is InChI=1S/C13H17F3N2O2S/c1-13(5-2-6-17-7-13)8-18-21(19,20)10-4-3-9(14)11(15)12(10)16/h3-4,17-18H,2,5-8H2,1H3. The fourth-order valence-corrected chi connectivity index (χ4v) is 3.60. The molecule has 0 radical (unpaired) electrons. The fourth-order valence-electron chi connectivity index (χ4n) is 2.33. The Hall–Kier alpha value is -1.12. The van der Waals surface area contributed by atoms with Crippen LogP contribution in [0.25, 0.3) is 0 Å². The third-order valence-electron chi connectivity index (χ3n) is 3.66. The van der Waals surface area contributed by atoms with Crippen LogP contribution in [0, 0.1) is 22.9 Å². The zero-order chi connectivity index (χ0) is 15.7. The molecule has 0 spiro atoms. The van der Waals surface area contributed by atoms with Crippen LogP contribution >= 0.6 is 0 Å². The van der Waals surface area contributed by atoms with E-state index in [1.807, 2.05) is 6.92 Å². The molecule has 0 bridgehead atoms. The zero-order valence-electron chi connectivity index (χ0n) is 11.5. The number of piperidine rings is 1. The monoisotopic (exact) mass is 322 g/mol. The van der Waals surface area contributed by atoms with Crippen molar-refractivity contribution >= 4 is 10.0 Å². The van der Waals surface area contributed by atoms with Crippen molar-refractivity contribution in [2.24, 2.45) is 5.41 Å². The zero-order valence-corrected chi connectivity index (χ0v) is 12.4. The lowest BCUT2D eigenvalue weighted by Crippen LogP contribution is -2.45. The summed E-state index contributed by atoms with van der Waals surface area (Å²) in [6.45, 7) is 3.51. The number of sulfonamides is 1. The third-order valence-corrected chi connectivity index (χ3v) is 5.08. The molecule has 1 unspecified atom stereocenters. The van der Waals surface area contributed by atoms with Crippen LogP contribution in [-0.4, -0.2) is 28.1 Å². The van der Waals surface area contributed by atoms with Gasteiger partial charge in [0, 0.05) is 13.1 Å². The lowest BCUT2D eigenvalue weighted by atomic mass is 9.83. The molecule has 0 aromatic heterocycles. The number of nitrogens with one attached hydrogen (secondary N) is 2. The highest BCUT2D eigenvalue weighted by Gasteiger charge is 2.30. The van der Waals surface area contributed by atoms with Gasteiger partial charge < -0.3 is 5.32 Å². The fraction of sp³-hybridized carbons (Fsp3) is 0.538. The van der Waals surface area contributed by atoms with Crippen molar-refractivity contribution in [3.05, 3.63) is 29.6 Å². The first kappa shape index (κ1) is 16.3. The molecule has 2 N–H and O–H groups in total. The Morgan fingerprint density at radius 3 is 2.62 bits per heavy atom. The molecule has 0 amide bonds. The van der Waals surface area contributed by atoms with Gasteiger partial charge in [-0.1, -0.05) is 6.92 Å². The largest absolute Gasteiger partial charge is 0.316 e. The van der Waals surface area contributed by atoms with Crippen LogP contribution in [0.5, 0.6) is 0 Å². The molecule has 4 nitrogen and oxygen atoms in total. The molecule has 1 aliphatic heterocycles. The van der Waals surface area contributed by atoms with E-state index >= 15 is 0 Å². The SMILES string of the molecule is CC1(CNS(=O)(=O)c2ccc(F)c(F)c2F)CCCNC1. The minimum Gasteiger partial charge on any atom is -0.316 e. The van der Waals surface area contributed by atoms with Gasteiger partial charge in [0.1, 0.15) is 4.90 Å². The van der Waals surface area contributed by atoms with Crippen molar-refractivity contribution in [2.75, 3.05) is 19.6 Å². The summed E-state index contributed by atoms with van der Waals surface area (Å²) in [6, 6.07) is 1.31. The molecule has 1 saturated heterocycles. The number of benzene rings is 1. The molecule has 1 aliphatic rings. The summed E-state index contributed by atoms with van der Waals surface area (Å²) >= 11 is 0. The Morgan fingerprint density at radius 1 is 1.29 bits per heavy atom. The molecule has 1 aromatic carbocycles. The Balaban J connectivity index is 2.17. The van der Waals surface area contributed by atoms with Gasteiger partial charge in [-0.2, -0.15) is 0 Å². The molecular weight excluding hydrogens is 305 g/mol. The van der Waals surface area contributed by atoms with Crippen LogP contribution in [0.4, 0.5) is 13.2 Å². The Morgan fingerprint density at radius 2 is 2.00 bits per heavy atom. The molecule has 0 saturated carbocycles. The molecule has 1 fully saturated rings. The summed E-state index contributed by atoms with van der Waals surface area (Å²) in [5.74, 6) is -4.91. The second-order valence-corrected chi connectivity index (χ2v) is 7.32. The van der Waals surface area contributed by atoms with Gasteiger partial charge >= 0.3 is 0 Å². The second-order valence-electron chi connectivity index (χ2n) is 5.59. The number of rotatable bonds is 4. The average molecular weight is 322 g/mol. The van der Waals surface area contributed by atoms with Crippen LogP contribution in [-0.2, 0) is 10.0 Å². The first-order valence-electron chi connectivity index (χ1n) is 6.59. The highest BCUT2D eigenvalue weighted by atomic mass is 32.2. The van der Waals surface area contributed by atoms with Crippen LogP contribution < -0.4 is 10.0 Å². The Bertz CT molecular complexity index is 629. The Kier molecular flexibility index (Phi) is 4.60. The quantitative estimate of drug-likeness (QED) is 0.831. The van der Waals surface area contributed by atoms with Crippen LogP contribution in [0.15, 0.2) is 17.0 Å². The van der Waals surface area contributed by atoms with Crippen molar-refractivity contribution in [2.45, 2.75) is 24.7 Å². The molecule has 8 heteroatoms. The van der Waals surface area contributed by atoms with Crippen molar-refractivity contribution < 1.29 is 21.6 Å². The van der Waals surface area contributed by atoms with E-state index in [1.54, 1.807) is 0 Å². The molecule has 1 aromatic rings. The normalized spacial score (nSPS) is 23.2. The van der Waals surface area contributed by atoms with Crippen LogP contribution in [0.1, 0.15) is 19.8 Å². The summed E-state index contributed by atoms with van der Waals surface area (Å²) < 4.78 is 65.9. The lowest BCUT2D eigenvalue weighted by Gasteiger charge is -2.34. The van der Waals surface area contributed by atoms with E-state index in [9.17, 15) is 21.6 Å². The topological polar surface area (TPSA) is 58.2 Å². The first-order valence-corrected chi connectivity index (χ1v) is 8.07. The van der Waals surface area contributed by atoms with E-state index in [1.165, 1.54) is 0 Å².